The summed E-state index contributed by atoms with van der Waals surface area (Å²) < 4.78 is 32.5. The molecule has 4 N–H and O–H groups in total. The fraction of sp³-hybridized carbons (Fsp3) is 0.538. The van der Waals surface area contributed by atoms with Crippen molar-refractivity contribution >= 4 is 15.7 Å². The molecular weight excluding hydrogens is 280 g/mol. The topological polar surface area (TPSA) is 102 Å². The molecule has 0 amide bonds. The molecular formula is C13H20N2O4S. The van der Waals surface area contributed by atoms with E-state index >= 15 is 0 Å². The van der Waals surface area contributed by atoms with Crippen molar-refractivity contribution in [1.82, 2.24) is 4.72 Å². The average Bonchev–Trinajstić information content (AvgIpc) is 2.37. The smallest absolute Gasteiger partial charge is 0.244 e. The third-order valence-corrected chi connectivity index (χ3v) is 5.50. The van der Waals surface area contributed by atoms with Crippen LogP contribution in [0.1, 0.15) is 20.3 Å². The Balaban J connectivity index is 2.28. The van der Waals surface area contributed by atoms with Gasteiger partial charge in [0.05, 0.1) is 13.2 Å². The lowest BCUT2D eigenvalue weighted by atomic mass is 9.65. The normalized spacial score (nSPS) is 25.0. The Hall–Kier alpha value is -1.31. The molecule has 0 radical (unpaired) electrons. The molecule has 1 aliphatic carbocycles. The van der Waals surface area contributed by atoms with Crippen molar-refractivity contribution in [3.05, 3.63) is 18.2 Å². The van der Waals surface area contributed by atoms with Gasteiger partial charge >= 0.3 is 0 Å². The number of sulfonamides is 1. The van der Waals surface area contributed by atoms with Gasteiger partial charge < -0.3 is 15.6 Å². The summed E-state index contributed by atoms with van der Waals surface area (Å²) in [6.45, 7) is 3.66. The maximum atomic E-state index is 12.4. The number of ether oxygens (including phenoxy) is 1. The summed E-state index contributed by atoms with van der Waals surface area (Å²) >= 11 is 0. The van der Waals surface area contributed by atoms with E-state index in [1.165, 1.54) is 25.3 Å². The second kappa shape index (κ2) is 4.91. The molecule has 1 saturated carbocycles. The first-order chi connectivity index (χ1) is 9.18. The van der Waals surface area contributed by atoms with Crippen LogP contribution in [-0.4, -0.2) is 32.8 Å². The van der Waals surface area contributed by atoms with Gasteiger partial charge in [0.25, 0.3) is 0 Å². The fourth-order valence-electron chi connectivity index (χ4n) is 2.26. The molecule has 6 nitrogen and oxygen atoms in total. The molecule has 20 heavy (non-hydrogen) atoms. The monoisotopic (exact) mass is 300 g/mol. The van der Waals surface area contributed by atoms with Gasteiger partial charge in [-0.05, 0) is 18.6 Å². The molecule has 0 aromatic heterocycles. The van der Waals surface area contributed by atoms with Gasteiger partial charge in [-0.3, -0.25) is 0 Å². The number of hydrogen-bond acceptors (Lipinski definition) is 5. The average molecular weight is 300 g/mol. The number of rotatable bonds is 4. The van der Waals surface area contributed by atoms with Crippen LogP contribution < -0.4 is 15.2 Å². The Morgan fingerprint density at radius 2 is 2.10 bits per heavy atom. The van der Waals surface area contributed by atoms with E-state index < -0.39 is 21.5 Å². The predicted octanol–water partition coefficient (Wildman–Crippen LogP) is 0.715. The summed E-state index contributed by atoms with van der Waals surface area (Å²) in [4.78, 5) is 0.0476. The van der Waals surface area contributed by atoms with E-state index in [-0.39, 0.29) is 16.7 Å². The highest BCUT2D eigenvalue weighted by molar-refractivity contribution is 7.89. The third kappa shape index (κ3) is 2.48. The van der Waals surface area contributed by atoms with Crippen molar-refractivity contribution in [2.24, 2.45) is 5.41 Å². The fourth-order valence-corrected chi connectivity index (χ4v) is 3.82. The van der Waals surface area contributed by atoms with Crippen LogP contribution >= 0.6 is 0 Å². The minimum Gasteiger partial charge on any atom is -0.495 e. The standard InChI is InChI=1S/C13H20N2O4S/c1-13(2)11(7-12(13)16)15-20(17,18)10-5-4-8(14)6-9(10)19-3/h4-6,11-12,15-16H,7,14H2,1-3H3. The number of nitrogens with two attached hydrogens (primary N) is 1. The highest BCUT2D eigenvalue weighted by atomic mass is 32.2. The molecule has 7 heteroatoms. The molecule has 1 fully saturated rings. The number of aliphatic hydroxyl groups is 1. The van der Waals surface area contributed by atoms with E-state index in [9.17, 15) is 13.5 Å². The highest BCUT2D eigenvalue weighted by Crippen LogP contribution is 2.41. The summed E-state index contributed by atoms with van der Waals surface area (Å²) in [7, 11) is -2.32. The van der Waals surface area contributed by atoms with Gasteiger partial charge in [-0.2, -0.15) is 0 Å². The van der Waals surface area contributed by atoms with Crippen LogP contribution in [0.5, 0.6) is 5.75 Å². The molecule has 2 unspecified atom stereocenters. The van der Waals surface area contributed by atoms with Crippen molar-refractivity contribution in [3.8, 4) is 5.75 Å². The van der Waals surface area contributed by atoms with Crippen molar-refractivity contribution in [2.75, 3.05) is 12.8 Å². The Kier molecular flexibility index (Phi) is 3.70. The molecule has 0 bridgehead atoms. The Bertz CT molecular complexity index is 613. The van der Waals surface area contributed by atoms with Crippen LogP contribution in [0.3, 0.4) is 0 Å². The first-order valence-electron chi connectivity index (χ1n) is 6.32. The Labute approximate surface area is 119 Å². The third-order valence-electron chi connectivity index (χ3n) is 3.99. The van der Waals surface area contributed by atoms with E-state index in [0.717, 1.165) is 0 Å². The van der Waals surface area contributed by atoms with E-state index in [4.69, 9.17) is 10.5 Å². The van der Waals surface area contributed by atoms with Crippen LogP contribution in [0.2, 0.25) is 0 Å². The van der Waals surface area contributed by atoms with Crippen LogP contribution in [0.4, 0.5) is 5.69 Å². The van der Waals surface area contributed by atoms with Crippen LogP contribution in [0, 0.1) is 5.41 Å². The van der Waals surface area contributed by atoms with Gasteiger partial charge in [-0.15, -0.1) is 0 Å². The van der Waals surface area contributed by atoms with Gasteiger partial charge in [0, 0.05) is 23.2 Å². The van der Waals surface area contributed by atoms with E-state index in [1.807, 2.05) is 13.8 Å². The SMILES string of the molecule is COc1cc(N)ccc1S(=O)(=O)NC1CC(O)C1(C)C. The van der Waals surface area contributed by atoms with Crippen LogP contribution in [-0.2, 0) is 10.0 Å². The molecule has 0 spiro atoms. The van der Waals surface area contributed by atoms with Gasteiger partial charge in [0.2, 0.25) is 10.0 Å². The summed E-state index contributed by atoms with van der Waals surface area (Å²) in [5, 5.41) is 9.67. The zero-order chi connectivity index (χ0) is 15.1. The molecule has 112 valence electrons. The Morgan fingerprint density at radius 1 is 1.45 bits per heavy atom. The van der Waals surface area contributed by atoms with E-state index in [0.29, 0.717) is 12.1 Å². The molecule has 0 heterocycles. The zero-order valence-corrected chi connectivity index (χ0v) is 12.6. The molecule has 2 atom stereocenters. The van der Waals surface area contributed by atoms with Crippen molar-refractivity contribution in [1.29, 1.82) is 0 Å². The quantitative estimate of drug-likeness (QED) is 0.711. The number of aliphatic hydroxyl groups excluding tert-OH is 1. The maximum absolute atomic E-state index is 12.4. The predicted molar refractivity (Wildman–Crippen MR) is 75.9 cm³/mol. The first-order valence-corrected chi connectivity index (χ1v) is 7.80. The van der Waals surface area contributed by atoms with Crippen molar-refractivity contribution in [2.45, 2.75) is 37.3 Å². The maximum Gasteiger partial charge on any atom is 0.244 e. The van der Waals surface area contributed by atoms with Gasteiger partial charge in [0.15, 0.2) is 0 Å². The Morgan fingerprint density at radius 3 is 2.60 bits per heavy atom. The van der Waals surface area contributed by atoms with Gasteiger partial charge in [-0.25, -0.2) is 13.1 Å². The van der Waals surface area contributed by atoms with Crippen molar-refractivity contribution in [3.63, 3.8) is 0 Å². The lowest BCUT2D eigenvalue weighted by Crippen LogP contribution is -2.61. The largest absolute Gasteiger partial charge is 0.495 e. The lowest BCUT2D eigenvalue weighted by molar-refractivity contribution is -0.0645. The van der Waals surface area contributed by atoms with E-state index in [1.54, 1.807) is 0 Å². The summed E-state index contributed by atoms with van der Waals surface area (Å²) in [6.07, 6.45) is -0.0905. The second-order valence-corrected chi connectivity index (χ2v) is 7.34. The molecule has 1 aromatic carbocycles. The molecule has 1 aliphatic rings. The second-order valence-electron chi connectivity index (χ2n) is 5.66. The molecule has 2 rings (SSSR count). The number of methoxy groups -OCH3 is 1. The van der Waals surface area contributed by atoms with E-state index in [2.05, 4.69) is 4.72 Å². The minimum absolute atomic E-state index is 0.0476. The number of anilines is 1. The summed E-state index contributed by atoms with van der Waals surface area (Å²) in [5.74, 6) is 0.204. The molecule has 0 aliphatic heterocycles. The van der Waals surface area contributed by atoms with Gasteiger partial charge in [-0.1, -0.05) is 13.8 Å². The number of hydrogen-bond donors (Lipinski definition) is 3. The molecule has 0 saturated heterocycles. The van der Waals surface area contributed by atoms with Crippen LogP contribution in [0.15, 0.2) is 23.1 Å². The summed E-state index contributed by atoms with van der Waals surface area (Å²) in [6, 6.07) is 4.09. The number of nitrogens with one attached hydrogen (secondary N) is 1. The lowest BCUT2D eigenvalue weighted by Gasteiger charge is -2.49. The minimum atomic E-state index is -3.72. The van der Waals surface area contributed by atoms with Gasteiger partial charge in [0.1, 0.15) is 10.6 Å². The zero-order valence-electron chi connectivity index (χ0n) is 11.8. The summed E-state index contributed by atoms with van der Waals surface area (Å²) in [5.41, 5.74) is 5.57. The molecule has 1 aromatic rings. The number of benzene rings is 1. The first kappa shape index (κ1) is 15.1. The van der Waals surface area contributed by atoms with Crippen molar-refractivity contribution < 1.29 is 18.3 Å². The number of nitrogen functional groups attached to an aromatic ring is 1. The van der Waals surface area contributed by atoms with Crippen LogP contribution in [0.25, 0.3) is 0 Å². The highest BCUT2D eigenvalue weighted by Gasteiger charge is 2.49.